The summed E-state index contributed by atoms with van der Waals surface area (Å²) in [6.07, 6.45) is 1.28. The van der Waals surface area contributed by atoms with Crippen LogP contribution in [0.25, 0.3) is 10.9 Å². The van der Waals surface area contributed by atoms with Gasteiger partial charge < -0.3 is 20.9 Å². The van der Waals surface area contributed by atoms with E-state index in [-0.39, 0.29) is 18.0 Å². The van der Waals surface area contributed by atoms with Gasteiger partial charge in [0.2, 0.25) is 15.9 Å². The molecule has 0 atom stereocenters. The molecule has 0 saturated carbocycles. The molecule has 4 aromatic rings. The summed E-state index contributed by atoms with van der Waals surface area (Å²) < 4.78 is 40.0. The van der Waals surface area contributed by atoms with Crippen molar-refractivity contribution >= 4 is 49.9 Å². The lowest BCUT2D eigenvalue weighted by Gasteiger charge is -2.35. The fourth-order valence-electron chi connectivity index (χ4n) is 4.56. The van der Waals surface area contributed by atoms with Gasteiger partial charge in [-0.3, -0.25) is 13.9 Å². The minimum absolute atomic E-state index is 0.0293. The van der Waals surface area contributed by atoms with E-state index in [9.17, 15) is 27.5 Å². The number of sulfonamides is 1. The summed E-state index contributed by atoms with van der Waals surface area (Å²) in [4.78, 5) is 30.5. The highest BCUT2D eigenvalue weighted by Gasteiger charge is 2.39. The maximum Gasteiger partial charge on any atom is 0.303 e. The van der Waals surface area contributed by atoms with Gasteiger partial charge in [0.05, 0.1) is 34.4 Å². The number of amides is 1. The summed E-state index contributed by atoms with van der Waals surface area (Å²) >= 11 is 0. The van der Waals surface area contributed by atoms with E-state index in [4.69, 9.17) is 15.8 Å². The van der Waals surface area contributed by atoms with Crippen molar-refractivity contribution in [3.05, 3.63) is 89.2 Å². The van der Waals surface area contributed by atoms with E-state index in [1.54, 1.807) is 36.4 Å². The van der Waals surface area contributed by atoms with Gasteiger partial charge in [-0.15, -0.1) is 0 Å². The number of aromatic amines is 1. The molecule has 0 spiro atoms. The van der Waals surface area contributed by atoms with Gasteiger partial charge in [-0.2, -0.15) is 0 Å². The number of nitrogens with zero attached hydrogens (tertiary/aromatic N) is 2. The Morgan fingerprint density at radius 2 is 1.68 bits per heavy atom. The largest absolute Gasteiger partial charge is 0.494 e. The van der Waals surface area contributed by atoms with E-state index in [0.717, 1.165) is 16.1 Å². The fourth-order valence-corrected chi connectivity index (χ4v) is 5.98. The number of aryl methyl sites for hydroxylation is 1. The Hall–Kier alpha value is -4.71. The molecule has 0 aliphatic rings. The number of hydrogen-bond acceptors (Lipinski definition) is 6. The zero-order chi connectivity index (χ0) is 30.1. The number of nitrogens with two attached hydrogens (primary N) is 1. The minimum Gasteiger partial charge on any atom is -0.494 e. The predicted octanol–water partition coefficient (Wildman–Crippen LogP) is 4.23. The average Bonchev–Trinajstić information content (AvgIpc) is 3.20. The van der Waals surface area contributed by atoms with E-state index < -0.39 is 33.3 Å². The number of carboxylic acids is 1. The zero-order valence-corrected chi connectivity index (χ0v) is 23.4. The number of halogens is 1. The first-order chi connectivity index (χ1) is 19.2. The number of rotatable bonds is 10. The molecule has 0 saturated heterocycles. The molecule has 41 heavy (non-hydrogen) atoms. The number of fused-ring (bicyclic) bond motifs is 1. The molecule has 3 aromatic carbocycles. The van der Waals surface area contributed by atoms with Crippen LogP contribution < -0.4 is 10.0 Å². The number of primary amides is 1. The highest BCUT2D eigenvalue weighted by molar-refractivity contribution is 7.92. The molecule has 0 radical (unpaired) electrons. The molecule has 1 heterocycles. The standard InChI is InChI=1S/C29H29FN4O6S/c1-29(2,28(31)38)34(41(3,39)40)21-12-10-20(11-13-21)32-26(18-7-4-17(5-8-18)6-15-24(35)36)25-22-14-9-19(30)16-23(22)33-27(25)37/h4-5,7-14,16,33,37H,6,15H2,1-3H3,(H2,31,38)(H,35,36). The number of aromatic hydroxyl groups is 1. The van der Waals surface area contributed by atoms with E-state index >= 15 is 0 Å². The van der Waals surface area contributed by atoms with Gasteiger partial charge in [0, 0.05) is 17.4 Å². The second-order valence-corrected chi connectivity index (χ2v) is 11.9. The van der Waals surface area contributed by atoms with Crippen molar-refractivity contribution in [3.63, 3.8) is 0 Å². The molecule has 214 valence electrons. The van der Waals surface area contributed by atoms with Crippen molar-refractivity contribution in [2.75, 3.05) is 10.6 Å². The third-order valence-electron chi connectivity index (χ3n) is 6.60. The van der Waals surface area contributed by atoms with E-state index in [2.05, 4.69) is 4.98 Å². The molecule has 0 bridgehead atoms. The molecule has 4 rings (SSSR count). The minimum atomic E-state index is -3.89. The smallest absolute Gasteiger partial charge is 0.303 e. The maximum absolute atomic E-state index is 13.9. The Morgan fingerprint density at radius 3 is 2.24 bits per heavy atom. The lowest BCUT2D eigenvalue weighted by atomic mass is 9.98. The van der Waals surface area contributed by atoms with Gasteiger partial charge >= 0.3 is 5.97 Å². The van der Waals surface area contributed by atoms with Crippen LogP contribution in [0.2, 0.25) is 0 Å². The van der Waals surface area contributed by atoms with Gasteiger partial charge in [0.1, 0.15) is 11.4 Å². The topological polar surface area (TPSA) is 166 Å². The van der Waals surface area contributed by atoms with Crippen LogP contribution in [0.3, 0.4) is 0 Å². The molecular weight excluding hydrogens is 551 g/mol. The number of anilines is 1. The van der Waals surface area contributed by atoms with Crippen molar-refractivity contribution in [1.29, 1.82) is 0 Å². The third kappa shape index (κ3) is 6.22. The second-order valence-electron chi connectivity index (χ2n) is 10.1. The monoisotopic (exact) mass is 580 g/mol. The lowest BCUT2D eigenvalue weighted by Crippen LogP contribution is -2.55. The van der Waals surface area contributed by atoms with E-state index in [1.807, 2.05) is 0 Å². The number of aromatic nitrogens is 1. The molecule has 0 fully saturated rings. The quantitative estimate of drug-likeness (QED) is 0.205. The number of aliphatic carboxylic acids is 1. The summed E-state index contributed by atoms with van der Waals surface area (Å²) in [5, 5.41) is 20.3. The molecule has 0 unspecified atom stereocenters. The summed E-state index contributed by atoms with van der Waals surface area (Å²) in [5.41, 5.74) is 6.91. The van der Waals surface area contributed by atoms with Crippen molar-refractivity contribution in [1.82, 2.24) is 4.98 Å². The molecule has 5 N–H and O–H groups in total. The first kappa shape index (κ1) is 29.3. The molecule has 0 aliphatic heterocycles. The number of benzene rings is 3. The predicted molar refractivity (Wildman–Crippen MR) is 155 cm³/mol. The van der Waals surface area contributed by atoms with Crippen LogP contribution in [0, 0.1) is 5.82 Å². The summed E-state index contributed by atoms with van der Waals surface area (Å²) in [6, 6.07) is 17.1. The SMILES string of the molecule is CC(C)(C(N)=O)N(c1ccc(N=C(c2ccc(CCC(=O)O)cc2)c2c(O)[nH]c3cc(F)ccc23)cc1)S(C)(=O)=O. The Morgan fingerprint density at radius 1 is 1.05 bits per heavy atom. The summed E-state index contributed by atoms with van der Waals surface area (Å²) in [6.45, 7) is 2.81. The Labute approximate surface area is 236 Å². The van der Waals surface area contributed by atoms with Crippen LogP contribution >= 0.6 is 0 Å². The van der Waals surface area contributed by atoms with Crippen molar-refractivity contribution in [3.8, 4) is 5.88 Å². The zero-order valence-electron chi connectivity index (χ0n) is 22.6. The van der Waals surface area contributed by atoms with Gasteiger partial charge in [0.25, 0.3) is 0 Å². The van der Waals surface area contributed by atoms with Crippen LogP contribution in [0.1, 0.15) is 37.0 Å². The summed E-state index contributed by atoms with van der Waals surface area (Å²) in [5.74, 6) is -2.46. The first-order valence-corrected chi connectivity index (χ1v) is 14.3. The first-order valence-electron chi connectivity index (χ1n) is 12.5. The Kier molecular flexibility index (Phi) is 7.89. The Balaban J connectivity index is 1.84. The van der Waals surface area contributed by atoms with E-state index in [0.29, 0.717) is 39.8 Å². The second kappa shape index (κ2) is 11.0. The van der Waals surface area contributed by atoms with Crippen molar-refractivity contribution in [2.45, 2.75) is 32.2 Å². The Bertz CT molecular complexity index is 1760. The van der Waals surface area contributed by atoms with Crippen LogP contribution in [0.4, 0.5) is 15.8 Å². The molecule has 1 amide bonds. The molecule has 10 nitrogen and oxygen atoms in total. The van der Waals surface area contributed by atoms with Crippen LogP contribution in [0.5, 0.6) is 5.88 Å². The number of hydrogen-bond donors (Lipinski definition) is 4. The number of carbonyl (C=O) groups is 2. The maximum atomic E-state index is 13.9. The van der Waals surface area contributed by atoms with Gasteiger partial charge in [-0.05, 0) is 68.3 Å². The number of carboxylic acid groups (broad SMARTS) is 1. The van der Waals surface area contributed by atoms with Crippen LogP contribution in [0.15, 0.2) is 71.7 Å². The fraction of sp³-hybridized carbons (Fsp3) is 0.207. The van der Waals surface area contributed by atoms with Crippen molar-refractivity contribution < 1.29 is 32.6 Å². The number of carbonyl (C=O) groups excluding carboxylic acids is 1. The van der Waals surface area contributed by atoms with Gasteiger partial charge in [0.15, 0.2) is 5.88 Å². The molecule has 0 aliphatic carbocycles. The van der Waals surface area contributed by atoms with Crippen molar-refractivity contribution in [2.24, 2.45) is 10.7 Å². The number of aliphatic imine (C=N–C) groups is 1. The van der Waals surface area contributed by atoms with Gasteiger partial charge in [-0.25, -0.2) is 17.8 Å². The van der Waals surface area contributed by atoms with E-state index in [1.165, 1.54) is 44.2 Å². The molecule has 12 heteroatoms. The number of H-pyrrole nitrogens is 1. The summed E-state index contributed by atoms with van der Waals surface area (Å²) in [7, 11) is -3.89. The normalized spacial score (nSPS) is 12.4. The van der Waals surface area contributed by atoms with Crippen LogP contribution in [-0.2, 0) is 26.0 Å². The average molecular weight is 581 g/mol. The number of nitrogens with one attached hydrogen (secondary N) is 1. The highest BCUT2D eigenvalue weighted by atomic mass is 32.2. The van der Waals surface area contributed by atoms with Gasteiger partial charge in [-0.1, -0.05) is 24.3 Å². The van der Waals surface area contributed by atoms with Crippen LogP contribution in [-0.4, -0.2) is 53.0 Å². The third-order valence-corrected chi connectivity index (χ3v) is 7.93. The molecular formula is C29H29FN4O6S. The highest BCUT2D eigenvalue weighted by Crippen LogP contribution is 2.33. The lowest BCUT2D eigenvalue weighted by molar-refractivity contribution is -0.137. The molecule has 1 aromatic heterocycles.